The molecule has 0 bridgehead atoms. The van der Waals surface area contributed by atoms with Crippen LogP contribution in [0.4, 0.5) is 0 Å². The van der Waals surface area contributed by atoms with Gasteiger partial charge in [0.25, 0.3) is 0 Å². The van der Waals surface area contributed by atoms with Gasteiger partial charge in [0.05, 0.1) is 0 Å². The molecule has 0 aromatic heterocycles. The minimum absolute atomic E-state index is 0.288. The van der Waals surface area contributed by atoms with Crippen molar-refractivity contribution in [3.05, 3.63) is 0 Å². The van der Waals surface area contributed by atoms with Crippen molar-refractivity contribution in [1.29, 1.82) is 0 Å². The molecule has 1 aliphatic heterocycles. The topological polar surface area (TPSA) is 49.6 Å². The highest BCUT2D eigenvalue weighted by atomic mass is 16.2. The summed E-state index contributed by atoms with van der Waals surface area (Å²) in [5.74, 6) is 0.288. The van der Waals surface area contributed by atoms with E-state index in [1.165, 1.54) is 12.8 Å². The number of nitrogens with zero attached hydrogens (tertiary/aromatic N) is 2. The van der Waals surface area contributed by atoms with Crippen LogP contribution < -0.4 is 5.73 Å². The van der Waals surface area contributed by atoms with Crippen molar-refractivity contribution in [2.75, 3.05) is 32.7 Å². The second-order valence-electron chi connectivity index (χ2n) is 4.54. The molecule has 2 aliphatic rings. The third-order valence-corrected chi connectivity index (χ3v) is 3.33. The number of carbonyl (C=O) groups is 1. The summed E-state index contributed by atoms with van der Waals surface area (Å²) in [5, 5.41) is 0. The van der Waals surface area contributed by atoms with Gasteiger partial charge in [-0.3, -0.25) is 9.69 Å². The lowest BCUT2D eigenvalue weighted by atomic mass is 10.2. The maximum atomic E-state index is 11.7. The summed E-state index contributed by atoms with van der Waals surface area (Å²) in [6.07, 6.45) is 4.17. The normalized spacial score (nSPS) is 23.1. The van der Waals surface area contributed by atoms with Crippen LogP contribution in [0, 0.1) is 0 Å². The highest BCUT2D eigenvalue weighted by Gasteiger charge is 2.31. The summed E-state index contributed by atoms with van der Waals surface area (Å²) in [4.78, 5) is 16.2. The molecule has 15 heavy (non-hydrogen) atoms. The Bertz CT molecular complexity index is 220. The Morgan fingerprint density at radius 1 is 1.20 bits per heavy atom. The molecule has 0 spiro atoms. The van der Waals surface area contributed by atoms with E-state index in [2.05, 4.69) is 4.90 Å². The molecule has 2 rings (SSSR count). The highest BCUT2D eigenvalue weighted by Crippen LogP contribution is 2.27. The summed E-state index contributed by atoms with van der Waals surface area (Å²) in [7, 11) is 0. The first-order valence-electron chi connectivity index (χ1n) is 6.03. The van der Waals surface area contributed by atoms with Crippen molar-refractivity contribution < 1.29 is 4.79 Å². The summed E-state index contributed by atoms with van der Waals surface area (Å²) >= 11 is 0. The van der Waals surface area contributed by atoms with Gasteiger partial charge in [-0.25, -0.2) is 0 Å². The molecule has 1 amide bonds. The van der Waals surface area contributed by atoms with Crippen LogP contribution in [-0.4, -0.2) is 54.5 Å². The molecule has 0 aromatic rings. The van der Waals surface area contributed by atoms with Crippen molar-refractivity contribution in [2.45, 2.75) is 31.7 Å². The molecule has 2 N–H and O–H groups in total. The van der Waals surface area contributed by atoms with E-state index >= 15 is 0 Å². The van der Waals surface area contributed by atoms with Crippen LogP contribution in [0.2, 0.25) is 0 Å². The Kier molecular flexibility index (Phi) is 3.59. The number of amides is 1. The molecule has 1 saturated carbocycles. The molecule has 4 nitrogen and oxygen atoms in total. The molecule has 1 aliphatic carbocycles. The molecule has 86 valence electrons. The molecular weight excluding hydrogens is 190 g/mol. The lowest BCUT2D eigenvalue weighted by Crippen LogP contribution is -2.49. The molecular formula is C11H21N3O. The van der Waals surface area contributed by atoms with Crippen molar-refractivity contribution >= 4 is 5.91 Å². The first kappa shape index (κ1) is 10.9. The van der Waals surface area contributed by atoms with E-state index in [4.69, 9.17) is 5.73 Å². The zero-order valence-electron chi connectivity index (χ0n) is 9.32. The second-order valence-corrected chi connectivity index (χ2v) is 4.54. The van der Waals surface area contributed by atoms with Gasteiger partial charge >= 0.3 is 0 Å². The molecule has 1 saturated heterocycles. The fourth-order valence-corrected chi connectivity index (χ4v) is 2.19. The zero-order chi connectivity index (χ0) is 10.7. The molecule has 0 unspecified atom stereocenters. The van der Waals surface area contributed by atoms with Crippen LogP contribution in [-0.2, 0) is 4.79 Å². The van der Waals surface area contributed by atoms with Gasteiger partial charge in [-0.2, -0.15) is 0 Å². The number of hydrogen-bond donors (Lipinski definition) is 1. The van der Waals surface area contributed by atoms with E-state index in [-0.39, 0.29) is 5.91 Å². The second kappa shape index (κ2) is 4.94. The van der Waals surface area contributed by atoms with Gasteiger partial charge in [0.15, 0.2) is 0 Å². The number of carbonyl (C=O) groups excluding carboxylic acids is 1. The first-order chi connectivity index (χ1) is 7.31. The van der Waals surface area contributed by atoms with Crippen LogP contribution in [0.25, 0.3) is 0 Å². The van der Waals surface area contributed by atoms with Gasteiger partial charge in [0.2, 0.25) is 5.91 Å². The third-order valence-electron chi connectivity index (χ3n) is 3.33. The lowest BCUT2D eigenvalue weighted by molar-refractivity contribution is -0.133. The average Bonchev–Trinajstić information content (AvgIpc) is 3.10. The van der Waals surface area contributed by atoms with Crippen LogP contribution in [0.3, 0.4) is 0 Å². The maximum absolute atomic E-state index is 11.7. The van der Waals surface area contributed by atoms with E-state index < -0.39 is 0 Å². The maximum Gasteiger partial charge on any atom is 0.222 e. The largest absolute Gasteiger partial charge is 0.340 e. The molecule has 1 heterocycles. The fraction of sp³-hybridized carbons (Fsp3) is 0.909. The minimum Gasteiger partial charge on any atom is -0.340 e. The van der Waals surface area contributed by atoms with Crippen LogP contribution in [0.15, 0.2) is 0 Å². The quantitative estimate of drug-likeness (QED) is 0.714. The van der Waals surface area contributed by atoms with Crippen molar-refractivity contribution in [3.8, 4) is 0 Å². The predicted molar refractivity (Wildman–Crippen MR) is 59.5 cm³/mol. The predicted octanol–water partition coefficient (Wildman–Crippen LogP) is 0.0319. The summed E-state index contributed by atoms with van der Waals surface area (Å²) in [6, 6.07) is 0.839. The summed E-state index contributed by atoms with van der Waals surface area (Å²) in [6.45, 7) is 4.59. The van der Waals surface area contributed by atoms with Crippen LogP contribution in [0.1, 0.15) is 25.7 Å². The Morgan fingerprint density at radius 2 is 1.87 bits per heavy atom. The third kappa shape index (κ3) is 2.92. The fourth-order valence-electron chi connectivity index (χ4n) is 2.19. The van der Waals surface area contributed by atoms with E-state index in [0.29, 0.717) is 13.0 Å². The Labute approximate surface area is 91.4 Å². The smallest absolute Gasteiger partial charge is 0.222 e. The zero-order valence-corrected chi connectivity index (χ0v) is 9.32. The van der Waals surface area contributed by atoms with Crippen molar-refractivity contribution in [2.24, 2.45) is 5.73 Å². The molecule has 0 radical (unpaired) electrons. The van der Waals surface area contributed by atoms with E-state index in [1.807, 2.05) is 4.90 Å². The monoisotopic (exact) mass is 211 g/mol. The van der Waals surface area contributed by atoms with E-state index in [9.17, 15) is 4.79 Å². The van der Waals surface area contributed by atoms with E-state index in [1.54, 1.807) is 0 Å². The SMILES string of the molecule is NCCCC(=O)N1CCN(C2CC2)CC1. The Morgan fingerprint density at radius 3 is 2.40 bits per heavy atom. The summed E-state index contributed by atoms with van der Waals surface area (Å²) < 4.78 is 0. The van der Waals surface area contributed by atoms with Gasteiger partial charge in [-0.15, -0.1) is 0 Å². The molecule has 0 aromatic carbocycles. The number of rotatable bonds is 4. The standard InChI is InChI=1S/C11H21N3O/c12-5-1-2-11(15)14-8-6-13(7-9-14)10-3-4-10/h10H,1-9,12H2. The van der Waals surface area contributed by atoms with Gasteiger partial charge < -0.3 is 10.6 Å². The molecule has 2 fully saturated rings. The van der Waals surface area contributed by atoms with Crippen LogP contribution in [0.5, 0.6) is 0 Å². The molecule has 4 heteroatoms. The average molecular weight is 211 g/mol. The van der Waals surface area contributed by atoms with Gasteiger partial charge in [-0.1, -0.05) is 0 Å². The van der Waals surface area contributed by atoms with Crippen molar-refractivity contribution in [1.82, 2.24) is 9.80 Å². The lowest BCUT2D eigenvalue weighted by Gasteiger charge is -2.34. The number of piperazine rings is 1. The van der Waals surface area contributed by atoms with Crippen molar-refractivity contribution in [3.63, 3.8) is 0 Å². The highest BCUT2D eigenvalue weighted by molar-refractivity contribution is 5.76. The Balaban J connectivity index is 1.69. The number of hydrogen-bond acceptors (Lipinski definition) is 3. The summed E-state index contributed by atoms with van der Waals surface area (Å²) in [5.41, 5.74) is 5.40. The van der Waals surface area contributed by atoms with Gasteiger partial charge in [-0.05, 0) is 25.8 Å². The Hall–Kier alpha value is -0.610. The molecule has 0 atom stereocenters. The van der Waals surface area contributed by atoms with Crippen LogP contribution >= 0.6 is 0 Å². The minimum atomic E-state index is 0.288. The number of nitrogens with two attached hydrogens (primary N) is 1. The van der Waals surface area contributed by atoms with E-state index in [0.717, 1.165) is 38.6 Å². The first-order valence-corrected chi connectivity index (χ1v) is 6.03. The van der Waals surface area contributed by atoms with Gasteiger partial charge in [0.1, 0.15) is 0 Å². The van der Waals surface area contributed by atoms with Gasteiger partial charge in [0, 0.05) is 38.6 Å².